The zero-order valence-electron chi connectivity index (χ0n) is 18.1. The van der Waals surface area contributed by atoms with Crippen LogP contribution in [-0.4, -0.2) is 18.2 Å². The van der Waals surface area contributed by atoms with Crippen LogP contribution in [0.1, 0.15) is 30.7 Å². The summed E-state index contributed by atoms with van der Waals surface area (Å²) in [7, 11) is -3.74. The van der Waals surface area contributed by atoms with Crippen molar-refractivity contribution in [3.63, 3.8) is 0 Å². The summed E-state index contributed by atoms with van der Waals surface area (Å²) in [5, 5.41) is 9.21. The number of para-hydroxylation sites is 1. The van der Waals surface area contributed by atoms with Crippen LogP contribution in [0.25, 0.3) is 5.69 Å². The third kappa shape index (κ3) is 5.83. The van der Waals surface area contributed by atoms with Crippen LogP contribution in [0, 0.1) is 5.92 Å². The zero-order valence-corrected chi connectivity index (χ0v) is 20.4. The van der Waals surface area contributed by atoms with E-state index in [1.807, 2.05) is 12.2 Å². The molecule has 35 heavy (non-hydrogen) atoms. The normalized spacial score (nSPS) is 18.7. The second kappa shape index (κ2) is 9.85. The maximum absolute atomic E-state index is 13.4. The van der Waals surface area contributed by atoms with E-state index in [-0.39, 0.29) is 38.9 Å². The molecule has 0 bridgehead atoms. The van der Waals surface area contributed by atoms with Gasteiger partial charge in [-0.1, -0.05) is 41.4 Å². The summed E-state index contributed by atoms with van der Waals surface area (Å²) in [5.41, 5.74) is -0.0191. The Balaban J connectivity index is 1.52. The number of nitrogens with zero attached hydrogens (tertiary/aromatic N) is 2. The second-order valence-corrected chi connectivity index (χ2v) is 10.4. The van der Waals surface area contributed by atoms with Gasteiger partial charge in [0.2, 0.25) is 10.0 Å². The van der Waals surface area contributed by atoms with E-state index >= 15 is 0 Å². The van der Waals surface area contributed by atoms with Gasteiger partial charge in [-0.2, -0.15) is 18.3 Å². The molecule has 6 nitrogen and oxygen atoms in total. The largest absolute Gasteiger partial charge is 0.488 e. The van der Waals surface area contributed by atoms with Gasteiger partial charge in [-0.05, 0) is 61.3 Å². The van der Waals surface area contributed by atoms with Crippen molar-refractivity contribution in [3.05, 3.63) is 92.3 Å². The number of sulfonamides is 1. The molecule has 0 saturated carbocycles. The summed E-state index contributed by atoms with van der Waals surface area (Å²) in [6.07, 6.45) is 5.70. The molecular formula is C23H20Cl2F3N3O3S. The molecule has 2 N–H and O–H groups in total. The number of benzene rings is 1. The molecule has 0 saturated heterocycles. The molecule has 0 spiro atoms. The van der Waals surface area contributed by atoms with Crippen LogP contribution in [0.3, 0.4) is 0 Å². The maximum atomic E-state index is 13.4. The summed E-state index contributed by atoms with van der Waals surface area (Å²) in [4.78, 5) is 0.196. The van der Waals surface area contributed by atoms with Gasteiger partial charge in [-0.15, -0.1) is 0 Å². The Morgan fingerprint density at radius 1 is 1.20 bits per heavy atom. The van der Waals surface area contributed by atoms with Gasteiger partial charge in [-0.3, -0.25) is 0 Å². The van der Waals surface area contributed by atoms with E-state index in [2.05, 4.69) is 5.10 Å². The van der Waals surface area contributed by atoms with Crippen molar-refractivity contribution in [2.45, 2.75) is 32.0 Å². The van der Waals surface area contributed by atoms with Crippen LogP contribution in [0.15, 0.2) is 70.9 Å². The Hall–Kier alpha value is -2.53. The highest BCUT2D eigenvalue weighted by atomic mass is 35.5. The van der Waals surface area contributed by atoms with Gasteiger partial charge in [0.1, 0.15) is 18.1 Å². The number of nitrogens with two attached hydrogens (primary N) is 1. The fourth-order valence-electron chi connectivity index (χ4n) is 3.84. The molecular weight excluding hydrogens is 526 g/mol. The van der Waals surface area contributed by atoms with Crippen molar-refractivity contribution in [1.29, 1.82) is 0 Å². The highest BCUT2D eigenvalue weighted by molar-refractivity contribution is 7.93. The summed E-state index contributed by atoms with van der Waals surface area (Å²) in [5.74, 6) is 0.392. The van der Waals surface area contributed by atoms with E-state index in [1.165, 1.54) is 12.1 Å². The summed E-state index contributed by atoms with van der Waals surface area (Å²) in [6.45, 7) is -0.219. The highest BCUT2D eigenvalue weighted by Gasteiger charge is 2.35. The second-order valence-electron chi connectivity index (χ2n) is 8.00. The first kappa shape index (κ1) is 25.6. The molecule has 0 aliphatic heterocycles. The standard InChI is InChI=1S/C23H20Cl2F3N3O3S/c24-19-5-2-6-20(25)22(19)31-16(12-21(30-31)23(26,27)28)13-34-17-9-7-14(8-10-17)15-3-1-4-18(11-15)35(29,32)33/h2-3,5-7,9-12,14H,1,4,8,13H2,(H2,29,32,33). The molecule has 1 unspecified atom stereocenters. The van der Waals surface area contributed by atoms with Crippen LogP contribution in [0.2, 0.25) is 10.0 Å². The van der Waals surface area contributed by atoms with Gasteiger partial charge in [0.05, 0.1) is 20.6 Å². The minimum Gasteiger partial charge on any atom is -0.488 e. The lowest BCUT2D eigenvalue weighted by Crippen LogP contribution is -2.17. The first-order valence-electron chi connectivity index (χ1n) is 10.5. The Kier molecular flexibility index (Phi) is 7.19. The Bertz CT molecular complexity index is 1360. The number of allylic oxidation sites excluding steroid dienone is 7. The SMILES string of the molecule is NS(=O)(=O)C1=CC(C2C=CC(OCc3cc(C(F)(F)F)nn3-c3c(Cl)cccc3Cl)=CC2)=CCC1. The minimum absolute atomic E-state index is 0.0660. The fourth-order valence-corrected chi connectivity index (χ4v) is 5.10. The van der Waals surface area contributed by atoms with Crippen LogP contribution < -0.4 is 5.14 Å². The third-order valence-corrected chi connectivity index (χ3v) is 7.23. The van der Waals surface area contributed by atoms with E-state index in [0.717, 1.165) is 16.3 Å². The van der Waals surface area contributed by atoms with Crippen molar-refractivity contribution >= 4 is 33.2 Å². The monoisotopic (exact) mass is 545 g/mol. The number of hydrogen-bond donors (Lipinski definition) is 1. The predicted octanol–water partition coefficient (Wildman–Crippen LogP) is 6.07. The van der Waals surface area contributed by atoms with Gasteiger partial charge >= 0.3 is 6.18 Å². The van der Waals surface area contributed by atoms with Gasteiger partial charge in [-0.25, -0.2) is 18.2 Å². The molecule has 4 rings (SSSR count). The van der Waals surface area contributed by atoms with Gasteiger partial charge < -0.3 is 4.74 Å². The topological polar surface area (TPSA) is 87.2 Å². The van der Waals surface area contributed by atoms with Crippen LogP contribution in [-0.2, 0) is 27.5 Å². The average Bonchev–Trinajstić information content (AvgIpc) is 3.22. The van der Waals surface area contributed by atoms with E-state index in [0.29, 0.717) is 25.0 Å². The fraction of sp³-hybridized carbons (Fsp3) is 0.261. The van der Waals surface area contributed by atoms with E-state index in [4.69, 9.17) is 33.1 Å². The molecule has 2 aliphatic rings. The molecule has 0 fully saturated rings. The summed E-state index contributed by atoms with van der Waals surface area (Å²) < 4.78 is 70.2. The number of hydrogen-bond acceptors (Lipinski definition) is 4. The van der Waals surface area contributed by atoms with E-state index in [9.17, 15) is 21.6 Å². The van der Waals surface area contributed by atoms with Crippen molar-refractivity contribution < 1.29 is 26.3 Å². The predicted molar refractivity (Wildman–Crippen MR) is 127 cm³/mol. The summed E-state index contributed by atoms with van der Waals surface area (Å²) in [6, 6.07) is 5.48. The Morgan fingerprint density at radius 2 is 1.91 bits per heavy atom. The molecule has 1 aromatic heterocycles. The van der Waals surface area contributed by atoms with Gasteiger partial charge in [0, 0.05) is 5.92 Å². The Labute approximate surface area is 210 Å². The molecule has 2 aromatic rings. The first-order valence-corrected chi connectivity index (χ1v) is 12.8. The molecule has 2 aliphatic carbocycles. The number of ether oxygens (including phenoxy) is 1. The minimum atomic E-state index is -4.66. The van der Waals surface area contributed by atoms with E-state index in [1.54, 1.807) is 24.3 Å². The average molecular weight is 546 g/mol. The number of halogens is 5. The highest BCUT2D eigenvalue weighted by Crippen LogP contribution is 2.35. The smallest absolute Gasteiger partial charge is 0.435 e. The van der Waals surface area contributed by atoms with Crippen LogP contribution >= 0.6 is 23.2 Å². The molecule has 186 valence electrons. The lowest BCUT2D eigenvalue weighted by Gasteiger charge is -2.21. The van der Waals surface area contributed by atoms with E-state index < -0.39 is 21.9 Å². The molecule has 1 aromatic carbocycles. The van der Waals surface area contributed by atoms with Crippen molar-refractivity contribution in [3.8, 4) is 5.69 Å². The first-order chi connectivity index (χ1) is 16.4. The Morgan fingerprint density at radius 3 is 2.51 bits per heavy atom. The lowest BCUT2D eigenvalue weighted by molar-refractivity contribution is -0.141. The molecule has 0 radical (unpaired) electrons. The third-order valence-electron chi connectivity index (χ3n) is 5.57. The maximum Gasteiger partial charge on any atom is 0.435 e. The van der Waals surface area contributed by atoms with Crippen LogP contribution in [0.4, 0.5) is 13.2 Å². The number of aromatic nitrogens is 2. The molecule has 12 heteroatoms. The number of rotatable bonds is 6. The van der Waals surface area contributed by atoms with Gasteiger partial charge in [0.15, 0.2) is 5.69 Å². The van der Waals surface area contributed by atoms with Crippen molar-refractivity contribution in [1.82, 2.24) is 9.78 Å². The van der Waals surface area contributed by atoms with Gasteiger partial charge in [0.25, 0.3) is 0 Å². The van der Waals surface area contributed by atoms with Crippen molar-refractivity contribution in [2.75, 3.05) is 0 Å². The lowest BCUT2D eigenvalue weighted by atomic mass is 9.88. The van der Waals surface area contributed by atoms with Crippen molar-refractivity contribution in [2.24, 2.45) is 11.1 Å². The molecule has 1 atom stereocenters. The zero-order chi connectivity index (χ0) is 25.4. The molecule has 1 heterocycles. The quantitative estimate of drug-likeness (QED) is 0.477. The number of alkyl halides is 3. The summed E-state index contributed by atoms with van der Waals surface area (Å²) >= 11 is 12.4. The number of primary sulfonamides is 1. The van der Waals surface area contributed by atoms with Crippen LogP contribution in [0.5, 0.6) is 0 Å². The molecule has 0 amide bonds.